The molecule has 0 radical (unpaired) electrons. The van der Waals surface area contributed by atoms with Crippen LogP contribution in [0, 0.1) is 0 Å². The molecule has 4 aromatic rings. The van der Waals surface area contributed by atoms with Crippen LogP contribution >= 0.6 is 11.6 Å². The van der Waals surface area contributed by atoms with E-state index in [-0.39, 0.29) is 0 Å². The molecule has 2 aromatic carbocycles. The molecule has 174 valence electrons. The fourth-order valence-electron chi connectivity index (χ4n) is 4.62. The molecule has 0 amide bonds. The zero-order valence-corrected chi connectivity index (χ0v) is 20.4. The first-order valence-corrected chi connectivity index (χ1v) is 12.3. The summed E-state index contributed by atoms with van der Waals surface area (Å²) in [6.07, 6.45) is 5.31. The zero-order chi connectivity index (χ0) is 23.7. The predicted molar refractivity (Wildman–Crippen MR) is 143 cm³/mol. The van der Waals surface area contributed by atoms with E-state index >= 15 is 0 Å². The highest BCUT2D eigenvalue weighted by atomic mass is 35.5. The van der Waals surface area contributed by atoms with Crippen LogP contribution in [0.2, 0.25) is 5.02 Å². The normalized spacial score (nSPS) is 14.2. The smallest absolute Gasteiger partial charge is 0.0731 e. The Hall–Kier alpha value is -3.31. The maximum absolute atomic E-state index is 6.66. The van der Waals surface area contributed by atoms with Crippen LogP contribution in [-0.4, -0.2) is 51.2 Å². The summed E-state index contributed by atoms with van der Waals surface area (Å²) >= 11 is 6.66. The summed E-state index contributed by atoms with van der Waals surface area (Å²) in [4.78, 5) is 9.74. The third-order valence-electron chi connectivity index (χ3n) is 6.76. The van der Waals surface area contributed by atoms with Crippen LogP contribution in [0.25, 0.3) is 38.8 Å². The van der Waals surface area contributed by atoms with Crippen LogP contribution in [0.1, 0.15) is 31.7 Å². The van der Waals surface area contributed by atoms with E-state index in [0.29, 0.717) is 5.02 Å². The highest BCUT2D eigenvalue weighted by Gasteiger charge is 2.20. The molecule has 0 atom stereocenters. The van der Waals surface area contributed by atoms with Crippen molar-refractivity contribution in [2.75, 3.05) is 26.2 Å². The molecule has 1 aliphatic heterocycles. The molecular weight excluding hydrogens is 442 g/mol. The molecule has 0 bridgehead atoms. The second-order valence-electron chi connectivity index (χ2n) is 8.98. The van der Waals surface area contributed by atoms with E-state index in [2.05, 4.69) is 70.4 Å². The number of aromatic nitrogens is 3. The minimum absolute atomic E-state index is 0.695. The third kappa shape index (κ3) is 4.40. The third-order valence-corrected chi connectivity index (χ3v) is 7.07. The molecule has 1 fully saturated rings. The lowest BCUT2D eigenvalue weighted by molar-refractivity contribution is 0.209. The number of nitrogens with one attached hydrogen (secondary N) is 1. The van der Waals surface area contributed by atoms with Gasteiger partial charge in [-0.15, -0.1) is 0 Å². The fourth-order valence-corrected chi connectivity index (χ4v) is 4.89. The number of rotatable bonds is 7. The molecule has 1 saturated heterocycles. The molecule has 5 rings (SSSR count). The van der Waals surface area contributed by atoms with Crippen molar-refractivity contribution >= 4 is 39.1 Å². The Labute approximate surface area is 205 Å². The van der Waals surface area contributed by atoms with Crippen LogP contribution in [0.5, 0.6) is 0 Å². The van der Waals surface area contributed by atoms with Gasteiger partial charge in [0, 0.05) is 53.9 Å². The van der Waals surface area contributed by atoms with E-state index in [9.17, 15) is 0 Å². The average Bonchev–Trinajstić information content (AvgIpc) is 3.34. The second-order valence-corrected chi connectivity index (χ2v) is 9.39. The summed E-state index contributed by atoms with van der Waals surface area (Å²) in [5, 5.41) is 9.85. The fraction of sp³-hybridized carbons (Fsp3) is 0.286. The molecule has 34 heavy (non-hydrogen) atoms. The predicted octanol–water partition coefficient (Wildman–Crippen LogP) is 6.72. The first-order chi connectivity index (χ1) is 16.5. The standard InChI is InChI=1S/C28H30ClN5/c1-4-5-6-19(2)33-11-13-34(14-12-33)20(3)21-9-10-24-25(29)17-26(31-28(24)15-21)22-7-8-23-18-30-32-27(23)16-22/h7-10,15-18H,2-6,11-14H2,1H3,(H,30,32). The minimum Gasteiger partial charge on any atom is -0.372 e. The molecule has 0 saturated carbocycles. The Bertz CT molecular complexity index is 1360. The molecule has 5 nitrogen and oxygen atoms in total. The maximum atomic E-state index is 6.66. The number of pyridine rings is 1. The molecule has 0 aliphatic carbocycles. The van der Waals surface area contributed by atoms with Crippen LogP contribution in [0.3, 0.4) is 0 Å². The average molecular weight is 472 g/mol. The van der Waals surface area contributed by atoms with Gasteiger partial charge in [0.25, 0.3) is 0 Å². The van der Waals surface area contributed by atoms with Gasteiger partial charge in [-0.05, 0) is 36.6 Å². The van der Waals surface area contributed by atoms with Gasteiger partial charge < -0.3 is 9.80 Å². The number of piperazine rings is 1. The number of nitrogens with zero attached hydrogens (tertiary/aromatic N) is 4. The highest BCUT2D eigenvalue weighted by Crippen LogP contribution is 2.32. The van der Waals surface area contributed by atoms with E-state index < -0.39 is 0 Å². The summed E-state index contributed by atoms with van der Waals surface area (Å²) in [6.45, 7) is 14.8. The number of allylic oxidation sites excluding steroid dienone is 1. The van der Waals surface area contributed by atoms with E-state index in [1.165, 1.54) is 18.5 Å². The van der Waals surface area contributed by atoms with Crippen molar-refractivity contribution in [3.05, 3.63) is 78.1 Å². The van der Waals surface area contributed by atoms with Gasteiger partial charge in [-0.3, -0.25) is 5.10 Å². The van der Waals surface area contributed by atoms with Crippen molar-refractivity contribution in [1.82, 2.24) is 25.0 Å². The van der Waals surface area contributed by atoms with Gasteiger partial charge in [0.05, 0.1) is 27.9 Å². The van der Waals surface area contributed by atoms with E-state index in [0.717, 1.165) is 76.9 Å². The van der Waals surface area contributed by atoms with Crippen molar-refractivity contribution in [3.8, 4) is 11.3 Å². The van der Waals surface area contributed by atoms with Gasteiger partial charge in [-0.1, -0.05) is 62.4 Å². The molecule has 1 N–H and O–H groups in total. The van der Waals surface area contributed by atoms with Gasteiger partial charge in [-0.25, -0.2) is 4.98 Å². The first kappa shape index (κ1) is 22.5. The van der Waals surface area contributed by atoms with Crippen molar-refractivity contribution in [1.29, 1.82) is 0 Å². The molecule has 6 heteroatoms. The summed E-state index contributed by atoms with van der Waals surface area (Å²) in [7, 11) is 0. The topological polar surface area (TPSA) is 48.0 Å². The number of fused-ring (bicyclic) bond motifs is 2. The van der Waals surface area contributed by atoms with Crippen LogP contribution in [-0.2, 0) is 0 Å². The first-order valence-electron chi connectivity index (χ1n) is 11.9. The Morgan fingerprint density at radius 2 is 1.82 bits per heavy atom. The zero-order valence-electron chi connectivity index (χ0n) is 19.6. The van der Waals surface area contributed by atoms with Crippen LogP contribution < -0.4 is 0 Å². The molecular formula is C28H30ClN5. The number of halogens is 1. The molecule has 3 heterocycles. The Balaban J connectivity index is 1.37. The van der Waals surface area contributed by atoms with E-state index in [1.807, 2.05) is 18.3 Å². The summed E-state index contributed by atoms with van der Waals surface area (Å²) < 4.78 is 0. The SMILES string of the molecule is C=C(CCCC)N1CCN(C(=C)c2ccc3c(Cl)cc(-c4ccc5cn[nH]c5c4)nc3c2)CC1. The molecule has 1 aliphatic rings. The second kappa shape index (κ2) is 9.51. The van der Waals surface area contributed by atoms with Gasteiger partial charge in [0.2, 0.25) is 0 Å². The number of H-pyrrole nitrogens is 1. The van der Waals surface area contributed by atoms with Gasteiger partial charge in [0.1, 0.15) is 0 Å². The number of benzene rings is 2. The summed E-state index contributed by atoms with van der Waals surface area (Å²) in [5.74, 6) is 0. The minimum atomic E-state index is 0.695. The molecule has 0 unspecified atom stereocenters. The largest absolute Gasteiger partial charge is 0.372 e. The van der Waals surface area contributed by atoms with Crippen molar-refractivity contribution in [3.63, 3.8) is 0 Å². The lowest BCUT2D eigenvalue weighted by Crippen LogP contribution is -2.44. The number of unbranched alkanes of at least 4 members (excludes halogenated alkanes) is 1. The molecule has 0 spiro atoms. The van der Waals surface area contributed by atoms with Crippen molar-refractivity contribution in [2.24, 2.45) is 0 Å². The lowest BCUT2D eigenvalue weighted by Gasteiger charge is -2.39. The molecule has 2 aromatic heterocycles. The van der Waals surface area contributed by atoms with E-state index in [1.54, 1.807) is 0 Å². The Morgan fingerprint density at radius 1 is 1.03 bits per heavy atom. The highest BCUT2D eigenvalue weighted by molar-refractivity contribution is 6.35. The monoisotopic (exact) mass is 471 g/mol. The van der Waals surface area contributed by atoms with Crippen LogP contribution in [0.15, 0.2) is 67.5 Å². The van der Waals surface area contributed by atoms with E-state index in [4.69, 9.17) is 16.6 Å². The Kier molecular flexibility index (Phi) is 6.29. The number of aromatic amines is 1. The Morgan fingerprint density at radius 3 is 2.62 bits per heavy atom. The lowest BCUT2D eigenvalue weighted by atomic mass is 10.0. The number of hydrogen-bond donors (Lipinski definition) is 1. The summed E-state index contributed by atoms with van der Waals surface area (Å²) in [5.41, 5.74) is 7.07. The van der Waals surface area contributed by atoms with Gasteiger partial charge in [0.15, 0.2) is 0 Å². The maximum Gasteiger partial charge on any atom is 0.0731 e. The summed E-state index contributed by atoms with van der Waals surface area (Å²) in [6, 6.07) is 14.3. The van der Waals surface area contributed by atoms with Crippen LogP contribution in [0.4, 0.5) is 0 Å². The van der Waals surface area contributed by atoms with Crippen molar-refractivity contribution < 1.29 is 0 Å². The van der Waals surface area contributed by atoms with Gasteiger partial charge in [-0.2, -0.15) is 5.10 Å². The number of hydrogen-bond acceptors (Lipinski definition) is 4. The van der Waals surface area contributed by atoms with Crippen molar-refractivity contribution in [2.45, 2.75) is 26.2 Å². The van der Waals surface area contributed by atoms with Gasteiger partial charge >= 0.3 is 0 Å². The quantitative estimate of drug-likeness (QED) is 0.325.